The third kappa shape index (κ3) is 3.09. The van der Waals surface area contributed by atoms with Crippen molar-refractivity contribution in [1.29, 1.82) is 0 Å². The van der Waals surface area contributed by atoms with Crippen molar-refractivity contribution in [3.8, 4) is 0 Å². The van der Waals surface area contributed by atoms with Gasteiger partial charge >= 0.3 is 0 Å². The molecule has 1 aromatic carbocycles. The molecule has 0 radical (unpaired) electrons. The highest BCUT2D eigenvalue weighted by atomic mass is 19.1. The molecule has 0 heterocycles. The highest BCUT2D eigenvalue weighted by Gasteiger charge is 2.12. The molecule has 0 fully saturated rings. The van der Waals surface area contributed by atoms with Gasteiger partial charge in [0.1, 0.15) is 5.82 Å². The zero-order valence-electron chi connectivity index (χ0n) is 8.28. The molecule has 0 bridgehead atoms. The first-order chi connectivity index (χ1) is 6.63. The number of hydrogen-bond acceptors (Lipinski definition) is 2. The Hall–Kier alpha value is -0.930. The zero-order valence-corrected chi connectivity index (χ0v) is 8.28. The highest BCUT2D eigenvalue weighted by molar-refractivity contribution is 5.17. The maximum atomic E-state index is 12.6. The van der Waals surface area contributed by atoms with Gasteiger partial charge in [0.2, 0.25) is 0 Å². The number of halogens is 1. The lowest BCUT2D eigenvalue weighted by molar-refractivity contribution is 0.140. The predicted octanol–water partition coefficient (Wildman–Crippen LogP) is 1.47. The van der Waals surface area contributed by atoms with Crippen molar-refractivity contribution in [3.05, 3.63) is 35.6 Å². The van der Waals surface area contributed by atoms with E-state index >= 15 is 0 Å². The summed E-state index contributed by atoms with van der Waals surface area (Å²) in [6, 6.07) is 5.92. The highest BCUT2D eigenvalue weighted by Crippen LogP contribution is 2.07. The summed E-state index contributed by atoms with van der Waals surface area (Å²) in [4.78, 5) is 0. The van der Waals surface area contributed by atoms with Crippen LogP contribution in [0.15, 0.2) is 24.3 Å². The molecule has 1 aromatic rings. The number of hydrogen-bond donors (Lipinski definition) is 2. The lowest BCUT2D eigenvalue weighted by atomic mass is 10.0. The fourth-order valence-corrected chi connectivity index (χ4v) is 1.33. The van der Waals surface area contributed by atoms with Crippen molar-refractivity contribution in [1.82, 2.24) is 0 Å². The first kappa shape index (κ1) is 11.1. The van der Waals surface area contributed by atoms with Crippen LogP contribution in [-0.2, 0) is 6.42 Å². The van der Waals surface area contributed by atoms with E-state index in [2.05, 4.69) is 0 Å². The molecule has 78 valence electrons. The first-order valence-electron chi connectivity index (χ1n) is 4.81. The van der Waals surface area contributed by atoms with Gasteiger partial charge in [-0.2, -0.15) is 0 Å². The summed E-state index contributed by atoms with van der Waals surface area (Å²) in [6.07, 6.45) is 0.734. The van der Waals surface area contributed by atoms with Crippen molar-refractivity contribution < 1.29 is 9.50 Å². The third-order valence-electron chi connectivity index (χ3n) is 2.30. The van der Waals surface area contributed by atoms with Crippen molar-refractivity contribution in [3.63, 3.8) is 0 Å². The predicted molar refractivity (Wildman–Crippen MR) is 54.4 cm³/mol. The van der Waals surface area contributed by atoms with Gasteiger partial charge in [-0.05, 0) is 30.5 Å². The number of nitrogens with two attached hydrogens (primary N) is 1. The Bertz CT molecular complexity index is 273. The van der Waals surface area contributed by atoms with Gasteiger partial charge in [-0.1, -0.05) is 19.1 Å². The van der Waals surface area contributed by atoms with Gasteiger partial charge < -0.3 is 10.8 Å². The second-order valence-electron chi connectivity index (χ2n) is 3.47. The minimum absolute atomic E-state index is 0.252. The molecule has 2 unspecified atom stereocenters. The van der Waals surface area contributed by atoms with Gasteiger partial charge in [0, 0.05) is 6.04 Å². The van der Waals surface area contributed by atoms with Gasteiger partial charge in [0.15, 0.2) is 0 Å². The standard InChI is InChI=1S/C11H16FNO/c1-2-11(14)10(13)7-8-3-5-9(12)6-4-8/h3-6,10-11,14H,2,7,13H2,1H3. The third-order valence-corrected chi connectivity index (χ3v) is 2.30. The molecule has 2 atom stereocenters. The largest absolute Gasteiger partial charge is 0.392 e. The van der Waals surface area contributed by atoms with Gasteiger partial charge in [-0.25, -0.2) is 4.39 Å². The van der Waals surface area contributed by atoms with E-state index in [1.807, 2.05) is 6.92 Å². The van der Waals surface area contributed by atoms with Crippen LogP contribution >= 0.6 is 0 Å². The van der Waals surface area contributed by atoms with E-state index in [0.717, 1.165) is 5.56 Å². The summed E-state index contributed by atoms with van der Waals surface area (Å²) in [5.41, 5.74) is 6.70. The average molecular weight is 197 g/mol. The number of benzene rings is 1. The Kier molecular flexibility index (Phi) is 4.04. The Labute approximate surface area is 83.6 Å². The van der Waals surface area contributed by atoms with Crippen molar-refractivity contribution >= 4 is 0 Å². The molecule has 0 aliphatic rings. The molecule has 0 aliphatic carbocycles. The van der Waals surface area contributed by atoms with E-state index in [4.69, 9.17) is 5.73 Å². The molecule has 1 rings (SSSR count). The van der Waals surface area contributed by atoms with Gasteiger partial charge in [0.25, 0.3) is 0 Å². The lowest BCUT2D eigenvalue weighted by Crippen LogP contribution is -2.36. The van der Waals surface area contributed by atoms with E-state index < -0.39 is 6.10 Å². The van der Waals surface area contributed by atoms with Crippen molar-refractivity contribution in [2.45, 2.75) is 31.9 Å². The minimum Gasteiger partial charge on any atom is -0.392 e. The summed E-state index contributed by atoms with van der Waals surface area (Å²) < 4.78 is 12.6. The normalized spacial score (nSPS) is 15.1. The van der Waals surface area contributed by atoms with Crippen LogP contribution in [0.2, 0.25) is 0 Å². The lowest BCUT2D eigenvalue weighted by Gasteiger charge is -2.16. The second kappa shape index (κ2) is 5.08. The van der Waals surface area contributed by atoms with Crippen LogP contribution < -0.4 is 5.73 Å². The molecule has 0 amide bonds. The van der Waals surface area contributed by atoms with E-state index in [1.165, 1.54) is 12.1 Å². The molecule has 2 nitrogen and oxygen atoms in total. The van der Waals surface area contributed by atoms with Crippen LogP contribution in [0.3, 0.4) is 0 Å². The molecule has 0 spiro atoms. The molecule has 0 aromatic heterocycles. The Balaban J connectivity index is 2.56. The Morgan fingerprint density at radius 2 is 1.93 bits per heavy atom. The molecular formula is C11H16FNO. The summed E-state index contributed by atoms with van der Waals surface area (Å²) >= 11 is 0. The second-order valence-corrected chi connectivity index (χ2v) is 3.47. The first-order valence-corrected chi connectivity index (χ1v) is 4.81. The summed E-state index contributed by atoms with van der Waals surface area (Å²) in [5, 5.41) is 9.44. The Morgan fingerprint density at radius 3 is 2.43 bits per heavy atom. The summed E-state index contributed by atoms with van der Waals surface area (Å²) in [7, 11) is 0. The van der Waals surface area contributed by atoms with Crippen molar-refractivity contribution in [2.75, 3.05) is 0 Å². The number of aliphatic hydroxyl groups is 1. The van der Waals surface area contributed by atoms with Crippen LogP contribution in [-0.4, -0.2) is 17.3 Å². The van der Waals surface area contributed by atoms with Crippen molar-refractivity contribution in [2.24, 2.45) is 5.73 Å². The quantitative estimate of drug-likeness (QED) is 0.767. The average Bonchev–Trinajstić information content (AvgIpc) is 2.20. The monoisotopic (exact) mass is 197 g/mol. The summed E-state index contributed by atoms with van der Waals surface area (Å²) in [5.74, 6) is -0.252. The van der Waals surface area contributed by atoms with Crippen LogP contribution in [0.1, 0.15) is 18.9 Å². The SMILES string of the molecule is CCC(O)C(N)Cc1ccc(F)cc1. The van der Waals surface area contributed by atoms with E-state index in [9.17, 15) is 9.50 Å². The molecule has 14 heavy (non-hydrogen) atoms. The maximum Gasteiger partial charge on any atom is 0.123 e. The fourth-order valence-electron chi connectivity index (χ4n) is 1.33. The molecule has 3 N–H and O–H groups in total. The maximum absolute atomic E-state index is 12.6. The van der Waals surface area contributed by atoms with Gasteiger partial charge in [-0.3, -0.25) is 0 Å². The van der Waals surface area contributed by atoms with E-state index in [1.54, 1.807) is 12.1 Å². The molecular weight excluding hydrogens is 181 g/mol. The van der Waals surface area contributed by atoms with Crippen LogP contribution in [0.5, 0.6) is 0 Å². The van der Waals surface area contributed by atoms with Crippen LogP contribution in [0, 0.1) is 5.82 Å². The van der Waals surface area contributed by atoms with Gasteiger partial charge in [-0.15, -0.1) is 0 Å². The molecule has 0 saturated heterocycles. The zero-order chi connectivity index (χ0) is 10.6. The molecule has 3 heteroatoms. The topological polar surface area (TPSA) is 46.2 Å². The van der Waals surface area contributed by atoms with Crippen LogP contribution in [0.25, 0.3) is 0 Å². The van der Waals surface area contributed by atoms with E-state index in [-0.39, 0.29) is 11.9 Å². The Morgan fingerprint density at radius 1 is 1.36 bits per heavy atom. The minimum atomic E-state index is -0.486. The smallest absolute Gasteiger partial charge is 0.123 e. The molecule has 0 saturated carbocycles. The molecule has 0 aliphatic heterocycles. The van der Waals surface area contributed by atoms with Gasteiger partial charge in [0.05, 0.1) is 6.10 Å². The fraction of sp³-hybridized carbons (Fsp3) is 0.455. The summed E-state index contributed by atoms with van der Waals surface area (Å²) in [6.45, 7) is 1.88. The van der Waals surface area contributed by atoms with E-state index in [0.29, 0.717) is 12.8 Å². The van der Waals surface area contributed by atoms with Crippen LogP contribution in [0.4, 0.5) is 4.39 Å². The number of aliphatic hydroxyl groups excluding tert-OH is 1. The number of rotatable bonds is 4.